The van der Waals surface area contributed by atoms with Crippen molar-refractivity contribution in [2.24, 2.45) is 5.84 Å². The van der Waals surface area contributed by atoms with Gasteiger partial charge in [-0.25, -0.2) is 20.3 Å². The maximum Gasteiger partial charge on any atom is 0.183 e. The third-order valence-corrected chi connectivity index (χ3v) is 3.19. The second-order valence-electron chi connectivity index (χ2n) is 4.12. The maximum absolute atomic E-state index is 5.41. The van der Waals surface area contributed by atoms with Gasteiger partial charge in [0.2, 0.25) is 0 Å². The molecule has 0 aromatic carbocycles. The molecule has 4 N–H and O–H groups in total. The molecule has 0 fully saturated rings. The summed E-state index contributed by atoms with van der Waals surface area (Å²) in [4.78, 5) is 8.42. The lowest BCUT2D eigenvalue weighted by molar-refractivity contribution is 0.951. The van der Waals surface area contributed by atoms with Crippen molar-refractivity contribution in [2.45, 2.75) is 6.54 Å². The summed E-state index contributed by atoms with van der Waals surface area (Å²) in [6, 6.07) is 6.00. The molecule has 3 rings (SSSR count). The highest BCUT2D eigenvalue weighted by Gasteiger charge is 2.05. The highest BCUT2D eigenvalue weighted by molar-refractivity contribution is 9.10. The number of halogens is 1. The van der Waals surface area contributed by atoms with E-state index in [-0.39, 0.29) is 0 Å². The number of nitrogen functional groups attached to an aromatic ring is 1. The van der Waals surface area contributed by atoms with E-state index < -0.39 is 0 Å². The van der Waals surface area contributed by atoms with E-state index in [1.54, 1.807) is 12.4 Å². The van der Waals surface area contributed by atoms with Crippen LogP contribution in [0.3, 0.4) is 0 Å². The Hall–Kier alpha value is -2.19. The molecule has 0 radical (unpaired) electrons. The Bertz CT molecular complexity index is 740. The van der Waals surface area contributed by atoms with E-state index in [2.05, 4.69) is 47.8 Å². The zero-order chi connectivity index (χ0) is 13.9. The van der Waals surface area contributed by atoms with Crippen LogP contribution in [0.25, 0.3) is 5.52 Å². The molecule has 0 aliphatic rings. The molecule has 102 valence electrons. The van der Waals surface area contributed by atoms with E-state index in [4.69, 9.17) is 5.84 Å². The molecule has 20 heavy (non-hydrogen) atoms. The van der Waals surface area contributed by atoms with Crippen molar-refractivity contribution in [1.29, 1.82) is 0 Å². The summed E-state index contributed by atoms with van der Waals surface area (Å²) in [5, 5.41) is 7.36. The van der Waals surface area contributed by atoms with Crippen LogP contribution in [0.1, 0.15) is 5.56 Å². The monoisotopic (exact) mass is 333 g/mol. The standard InChI is InChI=1S/C12H12BrN7/c13-10-7-16-12(19-14)11(18-10)15-6-8-2-4-20-9(5-8)1-3-17-20/h1-5,7H,6,14H2,(H,15,18)(H,16,19). The second-order valence-corrected chi connectivity index (χ2v) is 4.94. The van der Waals surface area contributed by atoms with Crippen molar-refractivity contribution in [1.82, 2.24) is 19.6 Å². The number of rotatable bonds is 4. The largest absolute Gasteiger partial charge is 0.363 e. The molecule has 7 nitrogen and oxygen atoms in total. The Morgan fingerprint density at radius 2 is 2.20 bits per heavy atom. The average Bonchev–Trinajstić information content (AvgIpc) is 2.92. The molecule has 0 spiro atoms. The summed E-state index contributed by atoms with van der Waals surface area (Å²) in [6.07, 6.45) is 5.27. The first-order chi connectivity index (χ1) is 9.76. The number of nitrogens with one attached hydrogen (secondary N) is 2. The van der Waals surface area contributed by atoms with E-state index in [0.29, 0.717) is 22.8 Å². The zero-order valence-electron chi connectivity index (χ0n) is 10.4. The van der Waals surface area contributed by atoms with Gasteiger partial charge in [0.25, 0.3) is 0 Å². The fourth-order valence-corrected chi connectivity index (χ4v) is 2.14. The second kappa shape index (κ2) is 5.43. The van der Waals surface area contributed by atoms with Gasteiger partial charge in [-0.1, -0.05) is 0 Å². The van der Waals surface area contributed by atoms with E-state index in [1.807, 2.05) is 22.8 Å². The van der Waals surface area contributed by atoms with Crippen molar-refractivity contribution in [3.05, 3.63) is 47.0 Å². The molecular weight excluding hydrogens is 322 g/mol. The lowest BCUT2D eigenvalue weighted by atomic mass is 10.2. The highest BCUT2D eigenvalue weighted by Crippen LogP contribution is 2.18. The number of hydrogen-bond donors (Lipinski definition) is 3. The number of fused-ring (bicyclic) bond motifs is 1. The number of hydrogen-bond acceptors (Lipinski definition) is 6. The van der Waals surface area contributed by atoms with E-state index in [0.717, 1.165) is 11.1 Å². The Kier molecular flexibility index (Phi) is 3.48. The molecule has 0 bridgehead atoms. The topological polar surface area (TPSA) is 93.2 Å². The van der Waals surface area contributed by atoms with Gasteiger partial charge in [-0.05, 0) is 39.7 Å². The van der Waals surface area contributed by atoms with Crippen LogP contribution in [0.5, 0.6) is 0 Å². The molecule has 0 atom stereocenters. The number of nitrogens with two attached hydrogens (primary N) is 1. The summed E-state index contributed by atoms with van der Waals surface area (Å²) in [7, 11) is 0. The minimum absolute atomic E-state index is 0.499. The van der Waals surface area contributed by atoms with E-state index in [1.165, 1.54) is 0 Å². The Balaban J connectivity index is 1.80. The first-order valence-electron chi connectivity index (χ1n) is 5.91. The number of anilines is 2. The molecule has 0 unspecified atom stereocenters. The zero-order valence-corrected chi connectivity index (χ0v) is 12.0. The molecule has 0 saturated carbocycles. The van der Waals surface area contributed by atoms with Gasteiger partial charge in [-0.3, -0.25) is 0 Å². The molecule has 0 aliphatic heterocycles. The lowest BCUT2D eigenvalue weighted by Gasteiger charge is -2.10. The van der Waals surface area contributed by atoms with E-state index >= 15 is 0 Å². The minimum Gasteiger partial charge on any atom is -0.363 e. The van der Waals surface area contributed by atoms with Crippen molar-refractivity contribution < 1.29 is 0 Å². The molecule has 3 heterocycles. The van der Waals surface area contributed by atoms with E-state index in [9.17, 15) is 0 Å². The minimum atomic E-state index is 0.499. The van der Waals surface area contributed by atoms with Gasteiger partial charge >= 0.3 is 0 Å². The molecule has 8 heteroatoms. The molecule has 3 aromatic rings. The van der Waals surface area contributed by atoms with Gasteiger partial charge in [0.1, 0.15) is 4.60 Å². The van der Waals surface area contributed by atoms with Crippen LogP contribution in [-0.4, -0.2) is 19.6 Å². The van der Waals surface area contributed by atoms with Crippen LogP contribution < -0.4 is 16.6 Å². The molecule has 3 aromatic heterocycles. The number of aromatic nitrogens is 4. The summed E-state index contributed by atoms with van der Waals surface area (Å²) in [5.74, 6) is 6.50. The Labute approximate surface area is 123 Å². The molecule has 0 saturated heterocycles. The quantitative estimate of drug-likeness (QED) is 0.498. The fraction of sp³-hybridized carbons (Fsp3) is 0.0833. The van der Waals surface area contributed by atoms with Gasteiger partial charge < -0.3 is 10.7 Å². The summed E-state index contributed by atoms with van der Waals surface area (Å²) >= 11 is 3.29. The maximum atomic E-state index is 5.41. The van der Waals surface area contributed by atoms with Gasteiger partial charge in [-0.15, -0.1) is 0 Å². The van der Waals surface area contributed by atoms with Crippen LogP contribution in [0.15, 0.2) is 41.4 Å². The van der Waals surface area contributed by atoms with Crippen molar-refractivity contribution in [3.63, 3.8) is 0 Å². The van der Waals surface area contributed by atoms with Gasteiger partial charge in [0.05, 0.1) is 11.7 Å². The number of hydrazine groups is 1. The molecule has 0 amide bonds. The van der Waals surface area contributed by atoms with Crippen molar-refractivity contribution >= 4 is 33.1 Å². The molecular formula is C12H12BrN7. The Morgan fingerprint density at radius 1 is 1.30 bits per heavy atom. The predicted molar refractivity (Wildman–Crippen MR) is 80.1 cm³/mol. The van der Waals surface area contributed by atoms with Crippen molar-refractivity contribution in [2.75, 3.05) is 10.7 Å². The number of nitrogens with zero attached hydrogens (tertiary/aromatic N) is 4. The summed E-state index contributed by atoms with van der Waals surface area (Å²) < 4.78 is 2.46. The smallest absolute Gasteiger partial charge is 0.183 e. The number of pyridine rings is 1. The first-order valence-corrected chi connectivity index (χ1v) is 6.71. The third-order valence-electron chi connectivity index (χ3n) is 2.80. The van der Waals surface area contributed by atoms with Crippen LogP contribution in [0.2, 0.25) is 0 Å². The predicted octanol–water partition coefficient (Wildman–Crippen LogP) is 1.78. The van der Waals surface area contributed by atoms with Crippen LogP contribution in [0.4, 0.5) is 11.6 Å². The van der Waals surface area contributed by atoms with Crippen LogP contribution in [0, 0.1) is 0 Å². The summed E-state index contributed by atoms with van der Waals surface area (Å²) in [6.45, 7) is 0.613. The highest BCUT2D eigenvalue weighted by atomic mass is 79.9. The third kappa shape index (κ3) is 2.56. The van der Waals surface area contributed by atoms with Crippen LogP contribution >= 0.6 is 15.9 Å². The average molecular weight is 334 g/mol. The Morgan fingerprint density at radius 3 is 3.05 bits per heavy atom. The van der Waals surface area contributed by atoms with Gasteiger partial charge in [-0.2, -0.15) is 5.10 Å². The van der Waals surface area contributed by atoms with Crippen molar-refractivity contribution in [3.8, 4) is 0 Å². The first kappa shape index (κ1) is 12.8. The summed E-state index contributed by atoms with van der Waals surface area (Å²) in [5.41, 5.74) is 4.67. The van der Waals surface area contributed by atoms with Gasteiger partial charge in [0, 0.05) is 18.9 Å². The van der Waals surface area contributed by atoms with Crippen LogP contribution in [-0.2, 0) is 6.54 Å². The van der Waals surface area contributed by atoms with Gasteiger partial charge in [0.15, 0.2) is 11.6 Å². The lowest BCUT2D eigenvalue weighted by Crippen LogP contribution is -2.13. The normalized spacial score (nSPS) is 10.7. The fourth-order valence-electron chi connectivity index (χ4n) is 1.86. The SMILES string of the molecule is NNc1ncc(Br)nc1NCc1ccn2nccc2c1. The molecule has 0 aliphatic carbocycles.